The lowest BCUT2D eigenvalue weighted by molar-refractivity contribution is 0.756. The van der Waals surface area contributed by atoms with Gasteiger partial charge in [0.05, 0.1) is 0 Å². The van der Waals surface area contributed by atoms with E-state index in [-0.39, 0.29) is 0 Å². The van der Waals surface area contributed by atoms with Gasteiger partial charge in [-0.05, 0) is 6.42 Å². The van der Waals surface area contributed by atoms with Crippen molar-refractivity contribution in [2.24, 2.45) is 0 Å². The lowest BCUT2D eigenvalue weighted by Crippen LogP contribution is -1.86. The molecule has 0 aliphatic rings. The number of hydrogen-bond donors (Lipinski definition) is 1. The highest BCUT2D eigenvalue weighted by Crippen LogP contribution is 1.94. The second-order valence-electron chi connectivity index (χ2n) is 2.04. The van der Waals surface area contributed by atoms with Crippen LogP contribution < -0.4 is 0 Å². The van der Waals surface area contributed by atoms with Crippen LogP contribution in [-0.2, 0) is 6.42 Å². The van der Waals surface area contributed by atoms with Crippen LogP contribution in [0.1, 0.15) is 25.6 Å². The highest BCUT2D eigenvalue weighted by Gasteiger charge is 1.91. The summed E-state index contributed by atoms with van der Waals surface area (Å²) < 4.78 is 0. The molecule has 0 aromatic carbocycles. The third-order valence-corrected chi connectivity index (χ3v) is 1.23. The first-order valence-electron chi connectivity index (χ1n) is 3.27. The summed E-state index contributed by atoms with van der Waals surface area (Å²) in [6.45, 7) is 2.16. The second-order valence-corrected chi connectivity index (χ2v) is 2.04. The zero-order chi connectivity index (χ0) is 6.53. The zero-order valence-electron chi connectivity index (χ0n) is 5.59. The molecule has 0 aliphatic heterocycles. The molecule has 9 heavy (non-hydrogen) atoms. The van der Waals surface area contributed by atoms with E-state index in [9.17, 15) is 0 Å². The van der Waals surface area contributed by atoms with Gasteiger partial charge in [-0.3, -0.25) is 5.10 Å². The molecule has 0 saturated carbocycles. The van der Waals surface area contributed by atoms with Crippen LogP contribution in [0.15, 0.2) is 6.33 Å². The Labute approximate surface area is 54.5 Å². The largest absolute Gasteiger partial charge is 0.263 e. The molecule has 1 heterocycles. The number of unbranched alkanes of at least 4 members (excludes halogenated alkanes) is 1. The van der Waals surface area contributed by atoms with Crippen molar-refractivity contribution in [1.82, 2.24) is 15.2 Å². The summed E-state index contributed by atoms with van der Waals surface area (Å²) in [6, 6.07) is 0. The van der Waals surface area contributed by atoms with Gasteiger partial charge in [0.1, 0.15) is 12.2 Å². The molecule has 1 aromatic rings. The number of aromatic amines is 1. The maximum Gasteiger partial charge on any atom is 0.137 e. The molecule has 0 bridgehead atoms. The molecular weight excluding hydrogens is 114 g/mol. The van der Waals surface area contributed by atoms with Gasteiger partial charge in [-0.1, -0.05) is 13.3 Å². The molecule has 50 valence electrons. The van der Waals surface area contributed by atoms with Crippen LogP contribution in [0.3, 0.4) is 0 Å². The Bertz CT molecular complexity index is 145. The van der Waals surface area contributed by atoms with E-state index in [1.165, 1.54) is 12.8 Å². The van der Waals surface area contributed by atoms with E-state index in [0.29, 0.717) is 0 Å². The van der Waals surface area contributed by atoms with Gasteiger partial charge in [0, 0.05) is 6.42 Å². The summed E-state index contributed by atoms with van der Waals surface area (Å²) in [4.78, 5) is 3.99. The quantitative estimate of drug-likeness (QED) is 0.658. The molecule has 0 aliphatic carbocycles. The molecule has 0 fully saturated rings. The number of rotatable bonds is 3. The average Bonchev–Trinajstić information content (AvgIpc) is 2.34. The lowest BCUT2D eigenvalue weighted by atomic mass is 10.2. The van der Waals surface area contributed by atoms with Gasteiger partial charge >= 0.3 is 0 Å². The van der Waals surface area contributed by atoms with Crippen LogP contribution in [-0.4, -0.2) is 15.2 Å². The molecule has 0 atom stereocenters. The molecule has 0 unspecified atom stereocenters. The van der Waals surface area contributed by atoms with Crippen molar-refractivity contribution in [3.8, 4) is 0 Å². The normalized spacial score (nSPS) is 9.89. The Balaban J connectivity index is 2.30. The zero-order valence-corrected chi connectivity index (χ0v) is 5.59. The van der Waals surface area contributed by atoms with E-state index in [2.05, 4.69) is 22.1 Å². The van der Waals surface area contributed by atoms with Crippen LogP contribution in [0.2, 0.25) is 0 Å². The number of aromatic nitrogens is 3. The topological polar surface area (TPSA) is 41.6 Å². The van der Waals surface area contributed by atoms with Crippen molar-refractivity contribution >= 4 is 0 Å². The molecule has 0 saturated heterocycles. The highest BCUT2D eigenvalue weighted by atomic mass is 15.2. The third kappa shape index (κ3) is 1.83. The molecule has 3 heteroatoms. The first-order valence-corrected chi connectivity index (χ1v) is 3.27. The van der Waals surface area contributed by atoms with Gasteiger partial charge in [-0.2, -0.15) is 5.10 Å². The van der Waals surface area contributed by atoms with Gasteiger partial charge in [0.2, 0.25) is 0 Å². The molecule has 0 radical (unpaired) electrons. The summed E-state index contributed by atoms with van der Waals surface area (Å²) in [5.41, 5.74) is 0. The van der Waals surface area contributed by atoms with Gasteiger partial charge in [-0.25, -0.2) is 4.98 Å². The smallest absolute Gasteiger partial charge is 0.137 e. The Kier molecular flexibility index (Phi) is 2.24. The van der Waals surface area contributed by atoms with Gasteiger partial charge in [0.25, 0.3) is 0 Å². The number of H-pyrrole nitrogens is 1. The summed E-state index contributed by atoms with van der Waals surface area (Å²) in [7, 11) is 0. The minimum absolute atomic E-state index is 0.997. The van der Waals surface area contributed by atoms with E-state index in [4.69, 9.17) is 0 Å². The highest BCUT2D eigenvalue weighted by molar-refractivity contribution is 4.78. The first kappa shape index (κ1) is 6.26. The van der Waals surface area contributed by atoms with Crippen LogP contribution in [0.25, 0.3) is 0 Å². The predicted octanol–water partition coefficient (Wildman–Crippen LogP) is 1.15. The standard InChI is InChI=1S/C6H11N3/c1-2-3-4-6-7-5-8-9-6/h5H,2-4H2,1H3,(H,7,8,9). The van der Waals surface area contributed by atoms with Gasteiger partial charge in [-0.15, -0.1) is 0 Å². The number of nitrogens with one attached hydrogen (secondary N) is 1. The monoisotopic (exact) mass is 125 g/mol. The van der Waals surface area contributed by atoms with Crippen LogP contribution >= 0.6 is 0 Å². The van der Waals surface area contributed by atoms with Crippen molar-refractivity contribution in [3.05, 3.63) is 12.2 Å². The Hall–Kier alpha value is -0.860. The van der Waals surface area contributed by atoms with E-state index in [1.54, 1.807) is 6.33 Å². The van der Waals surface area contributed by atoms with Crippen molar-refractivity contribution in [2.45, 2.75) is 26.2 Å². The van der Waals surface area contributed by atoms with E-state index >= 15 is 0 Å². The van der Waals surface area contributed by atoms with Gasteiger partial charge in [0.15, 0.2) is 0 Å². The average molecular weight is 125 g/mol. The fraction of sp³-hybridized carbons (Fsp3) is 0.667. The molecule has 1 rings (SSSR count). The Morgan fingerprint density at radius 2 is 2.56 bits per heavy atom. The first-order chi connectivity index (χ1) is 4.43. The molecule has 1 N–H and O–H groups in total. The van der Waals surface area contributed by atoms with Crippen LogP contribution in [0.5, 0.6) is 0 Å². The maximum absolute atomic E-state index is 3.99. The summed E-state index contributed by atoms with van der Waals surface area (Å²) in [5.74, 6) is 0.997. The van der Waals surface area contributed by atoms with E-state index in [1.807, 2.05) is 0 Å². The molecule has 0 amide bonds. The minimum Gasteiger partial charge on any atom is -0.263 e. The van der Waals surface area contributed by atoms with Crippen LogP contribution in [0, 0.1) is 0 Å². The van der Waals surface area contributed by atoms with Crippen molar-refractivity contribution in [2.75, 3.05) is 0 Å². The third-order valence-electron chi connectivity index (χ3n) is 1.23. The molecule has 0 spiro atoms. The number of aryl methyl sites for hydroxylation is 1. The fourth-order valence-electron chi connectivity index (χ4n) is 0.695. The summed E-state index contributed by atoms with van der Waals surface area (Å²) in [6.07, 6.45) is 4.97. The van der Waals surface area contributed by atoms with Gasteiger partial charge < -0.3 is 0 Å². The SMILES string of the molecule is CCCCc1ncn[nH]1. The minimum atomic E-state index is 0.997. The lowest BCUT2D eigenvalue weighted by Gasteiger charge is -1.89. The number of nitrogens with zero attached hydrogens (tertiary/aromatic N) is 2. The maximum atomic E-state index is 3.99. The summed E-state index contributed by atoms with van der Waals surface area (Å²) >= 11 is 0. The Morgan fingerprint density at radius 3 is 3.11 bits per heavy atom. The van der Waals surface area contributed by atoms with Crippen molar-refractivity contribution in [1.29, 1.82) is 0 Å². The van der Waals surface area contributed by atoms with Crippen molar-refractivity contribution < 1.29 is 0 Å². The molecular formula is C6H11N3. The fourth-order valence-corrected chi connectivity index (χ4v) is 0.695. The molecule has 3 nitrogen and oxygen atoms in total. The van der Waals surface area contributed by atoms with E-state index in [0.717, 1.165) is 12.2 Å². The van der Waals surface area contributed by atoms with E-state index < -0.39 is 0 Å². The Morgan fingerprint density at radius 1 is 1.67 bits per heavy atom. The predicted molar refractivity (Wildman–Crippen MR) is 35.0 cm³/mol. The second kappa shape index (κ2) is 3.22. The number of hydrogen-bond acceptors (Lipinski definition) is 2. The van der Waals surface area contributed by atoms with Crippen LogP contribution in [0.4, 0.5) is 0 Å². The van der Waals surface area contributed by atoms with Crippen molar-refractivity contribution in [3.63, 3.8) is 0 Å². The summed E-state index contributed by atoms with van der Waals surface area (Å²) in [5, 5.41) is 6.55. The molecule has 1 aromatic heterocycles.